The number of aliphatic hydroxyl groups is 1. The summed E-state index contributed by atoms with van der Waals surface area (Å²) in [5.41, 5.74) is -0.381. The van der Waals surface area contributed by atoms with Crippen LogP contribution in [0.2, 0.25) is 0 Å². The molecule has 1 fully saturated rings. The van der Waals surface area contributed by atoms with E-state index in [2.05, 4.69) is 0 Å². The first-order valence-corrected chi connectivity index (χ1v) is 7.11. The molecule has 0 saturated carbocycles. The van der Waals surface area contributed by atoms with E-state index in [1.54, 1.807) is 0 Å². The van der Waals surface area contributed by atoms with Gasteiger partial charge in [0, 0.05) is 13.1 Å². The molecular formula is C15H16F5NO2. The summed E-state index contributed by atoms with van der Waals surface area (Å²) in [4.78, 5) is 13.4. The topological polar surface area (TPSA) is 40.5 Å². The third-order valence-electron chi connectivity index (χ3n) is 4.09. The molecule has 1 aromatic rings. The van der Waals surface area contributed by atoms with Crippen molar-refractivity contribution in [1.29, 1.82) is 0 Å². The first-order chi connectivity index (χ1) is 10.6. The maximum absolute atomic E-state index is 13.8. The fourth-order valence-electron chi connectivity index (χ4n) is 2.67. The lowest BCUT2D eigenvalue weighted by Crippen LogP contribution is -2.45. The number of nitrogens with zero attached hydrogens (tertiary/aromatic N) is 1. The molecule has 128 valence electrons. The number of amides is 1. The van der Waals surface area contributed by atoms with Gasteiger partial charge < -0.3 is 10.0 Å². The molecule has 0 spiro atoms. The number of alkyl halides is 3. The fraction of sp³-hybridized carbons (Fsp3) is 0.533. The first kappa shape index (κ1) is 17.7. The largest absolute Gasteiger partial charge is 0.414 e. The number of rotatable bonds is 2. The van der Waals surface area contributed by atoms with E-state index in [1.165, 1.54) is 11.8 Å². The van der Waals surface area contributed by atoms with Crippen LogP contribution in [-0.4, -0.2) is 41.3 Å². The average molecular weight is 337 g/mol. The maximum atomic E-state index is 13.8. The van der Waals surface area contributed by atoms with Crippen LogP contribution in [0.1, 0.15) is 28.8 Å². The SMILES string of the molecule is Cc1cc(F)c(C(=O)N2CCC(C(O)C(F)(F)F)CC2)cc1F. The zero-order valence-electron chi connectivity index (χ0n) is 12.3. The summed E-state index contributed by atoms with van der Waals surface area (Å²) in [6, 6.07) is 1.70. The highest BCUT2D eigenvalue weighted by atomic mass is 19.4. The molecule has 1 aliphatic heterocycles. The minimum absolute atomic E-state index is 0.0500. The number of piperidine rings is 1. The van der Waals surface area contributed by atoms with Crippen molar-refractivity contribution in [2.45, 2.75) is 32.0 Å². The Morgan fingerprint density at radius 1 is 1.22 bits per heavy atom. The van der Waals surface area contributed by atoms with Crippen LogP contribution in [0.25, 0.3) is 0 Å². The summed E-state index contributed by atoms with van der Waals surface area (Å²) in [5, 5.41) is 9.23. The van der Waals surface area contributed by atoms with E-state index in [-0.39, 0.29) is 31.5 Å². The Bertz CT molecular complexity index is 594. The van der Waals surface area contributed by atoms with Gasteiger partial charge in [0.15, 0.2) is 6.10 Å². The van der Waals surface area contributed by atoms with Crippen molar-refractivity contribution in [3.8, 4) is 0 Å². The Balaban J connectivity index is 2.06. The summed E-state index contributed by atoms with van der Waals surface area (Å²) >= 11 is 0. The lowest BCUT2D eigenvalue weighted by atomic mass is 9.90. The van der Waals surface area contributed by atoms with Crippen LogP contribution in [-0.2, 0) is 0 Å². The predicted octanol–water partition coefficient (Wildman–Crippen LogP) is 3.05. The number of aryl methyl sites for hydroxylation is 1. The molecule has 0 aromatic heterocycles. The second-order valence-electron chi connectivity index (χ2n) is 5.70. The van der Waals surface area contributed by atoms with Crippen LogP contribution >= 0.6 is 0 Å². The predicted molar refractivity (Wildman–Crippen MR) is 71.8 cm³/mol. The number of halogens is 5. The Morgan fingerprint density at radius 3 is 2.30 bits per heavy atom. The lowest BCUT2D eigenvalue weighted by Gasteiger charge is -2.34. The molecule has 1 aromatic carbocycles. The van der Waals surface area contributed by atoms with Gasteiger partial charge in [-0.15, -0.1) is 0 Å². The van der Waals surface area contributed by atoms with Gasteiger partial charge in [-0.25, -0.2) is 8.78 Å². The lowest BCUT2D eigenvalue weighted by molar-refractivity contribution is -0.222. The van der Waals surface area contributed by atoms with Crippen molar-refractivity contribution >= 4 is 5.91 Å². The second-order valence-corrected chi connectivity index (χ2v) is 5.70. The molecule has 0 aliphatic carbocycles. The second kappa shape index (κ2) is 6.43. The zero-order valence-corrected chi connectivity index (χ0v) is 12.3. The molecule has 1 saturated heterocycles. The van der Waals surface area contributed by atoms with E-state index >= 15 is 0 Å². The normalized spacial score (nSPS) is 18.1. The Morgan fingerprint density at radius 2 is 1.78 bits per heavy atom. The van der Waals surface area contributed by atoms with E-state index in [0.717, 1.165) is 12.1 Å². The van der Waals surface area contributed by atoms with Gasteiger partial charge in [-0.2, -0.15) is 13.2 Å². The number of carbonyl (C=O) groups is 1. The van der Waals surface area contributed by atoms with Crippen molar-refractivity contribution < 1.29 is 31.9 Å². The number of hydrogen-bond acceptors (Lipinski definition) is 2. The maximum Gasteiger partial charge on any atom is 0.414 e. The molecule has 3 nitrogen and oxygen atoms in total. The molecule has 1 aliphatic rings. The van der Waals surface area contributed by atoms with Gasteiger partial charge in [0.05, 0.1) is 5.56 Å². The molecule has 0 radical (unpaired) electrons. The highest BCUT2D eigenvalue weighted by Gasteiger charge is 2.44. The molecule has 1 amide bonds. The minimum atomic E-state index is -4.71. The van der Waals surface area contributed by atoms with Gasteiger partial charge in [-0.05, 0) is 43.4 Å². The summed E-state index contributed by atoms with van der Waals surface area (Å²) in [5.74, 6) is -3.36. The summed E-state index contributed by atoms with van der Waals surface area (Å²) < 4.78 is 64.7. The van der Waals surface area contributed by atoms with E-state index in [0.29, 0.717) is 0 Å². The number of likely N-dealkylation sites (tertiary alicyclic amines) is 1. The summed E-state index contributed by atoms with van der Waals surface area (Å²) in [6.07, 6.45) is -7.25. The Kier molecular flexibility index (Phi) is 4.93. The van der Waals surface area contributed by atoms with Gasteiger partial charge in [0.25, 0.3) is 5.91 Å². The molecule has 8 heteroatoms. The van der Waals surface area contributed by atoms with Gasteiger partial charge in [-0.1, -0.05) is 0 Å². The van der Waals surface area contributed by atoms with Crippen molar-refractivity contribution in [2.75, 3.05) is 13.1 Å². The van der Waals surface area contributed by atoms with Gasteiger partial charge in [0.1, 0.15) is 11.6 Å². The van der Waals surface area contributed by atoms with E-state index in [9.17, 15) is 31.9 Å². The van der Waals surface area contributed by atoms with Gasteiger partial charge in [0.2, 0.25) is 0 Å². The van der Waals surface area contributed by atoms with Crippen LogP contribution in [0.4, 0.5) is 22.0 Å². The molecular weight excluding hydrogens is 321 g/mol. The quantitative estimate of drug-likeness (QED) is 0.843. The number of aliphatic hydroxyl groups excluding tert-OH is 1. The molecule has 2 rings (SSSR count). The zero-order chi connectivity index (χ0) is 17.4. The highest BCUT2D eigenvalue weighted by Crippen LogP contribution is 2.32. The van der Waals surface area contributed by atoms with Crippen LogP contribution < -0.4 is 0 Å². The van der Waals surface area contributed by atoms with Gasteiger partial charge >= 0.3 is 6.18 Å². The van der Waals surface area contributed by atoms with E-state index in [1.807, 2.05) is 0 Å². The Hall–Kier alpha value is -1.70. The number of carbonyl (C=O) groups excluding carboxylic acids is 1. The highest BCUT2D eigenvalue weighted by molar-refractivity contribution is 5.94. The summed E-state index contributed by atoms with van der Waals surface area (Å²) in [7, 11) is 0. The Labute approximate surface area is 129 Å². The van der Waals surface area contributed by atoms with Crippen LogP contribution in [0.5, 0.6) is 0 Å². The molecule has 1 unspecified atom stereocenters. The molecule has 0 bridgehead atoms. The van der Waals surface area contributed by atoms with Crippen molar-refractivity contribution in [1.82, 2.24) is 4.90 Å². The van der Waals surface area contributed by atoms with Crippen LogP contribution in [0, 0.1) is 24.5 Å². The minimum Gasteiger partial charge on any atom is -0.383 e. The number of hydrogen-bond donors (Lipinski definition) is 1. The third-order valence-corrected chi connectivity index (χ3v) is 4.09. The average Bonchev–Trinajstić information content (AvgIpc) is 2.49. The van der Waals surface area contributed by atoms with Gasteiger partial charge in [-0.3, -0.25) is 4.79 Å². The molecule has 1 heterocycles. The number of benzene rings is 1. The molecule has 23 heavy (non-hydrogen) atoms. The van der Waals surface area contributed by atoms with E-state index in [4.69, 9.17) is 0 Å². The van der Waals surface area contributed by atoms with Crippen LogP contribution in [0.15, 0.2) is 12.1 Å². The van der Waals surface area contributed by atoms with E-state index < -0.39 is 41.3 Å². The molecule has 1 atom stereocenters. The fourth-order valence-corrected chi connectivity index (χ4v) is 2.67. The van der Waals surface area contributed by atoms with Crippen molar-refractivity contribution in [2.24, 2.45) is 5.92 Å². The monoisotopic (exact) mass is 337 g/mol. The van der Waals surface area contributed by atoms with Crippen molar-refractivity contribution in [3.63, 3.8) is 0 Å². The third kappa shape index (κ3) is 3.80. The smallest absolute Gasteiger partial charge is 0.383 e. The summed E-state index contributed by atoms with van der Waals surface area (Å²) in [6.45, 7) is 1.26. The standard InChI is InChI=1S/C15H16F5NO2/c1-8-6-12(17)10(7-11(8)16)14(23)21-4-2-9(3-5-21)13(22)15(18,19)20/h6-7,9,13,22H,2-5H2,1H3. The first-order valence-electron chi connectivity index (χ1n) is 7.11. The van der Waals surface area contributed by atoms with Crippen LogP contribution in [0.3, 0.4) is 0 Å². The van der Waals surface area contributed by atoms with Crippen molar-refractivity contribution in [3.05, 3.63) is 34.9 Å². The molecule has 1 N–H and O–H groups in total.